The molecule has 1 aliphatic heterocycles. The van der Waals surface area contributed by atoms with Gasteiger partial charge < -0.3 is 19.5 Å². The fraction of sp³-hybridized carbons (Fsp3) is 0.611. The highest BCUT2D eigenvalue weighted by molar-refractivity contribution is 5.87. The number of carbonyl (C=O) groups excluding carboxylic acids is 1. The van der Waals surface area contributed by atoms with E-state index in [1.807, 2.05) is 26.8 Å². The van der Waals surface area contributed by atoms with E-state index in [2.05, 4.69) is 10.6 Å². The summed E-state index contributed by atoms with van der Waals surface area (Å²) < 4.78 is 16.2. The third-order valence-electron chi connectivity index (χ3n) is 3.93. The Kier molecular flexibility index (Phi) is 5.94. The fourth-order valence-electron chi connectivity index (χ4n) is 2.87. The molecule has 24 heavy (non-hydrogen) atoms. The molecule has 1 aromatic rings. The standard InChI is InChI=1S/C18H28N2O4/c1-18(2,3)24-17(21)20-14-10-16(23-5)15(22-4)9-13(14)12-7-6-8-19-11-12/h9-10,12,19H,6-8,11H2,1-5H3,(H,20,21). The van der Waals surface area contributed by atoms with Gasteiger partial charge in [0, 0.05) is 12.6 Å². The molecular weight excluding hydrogens is 308 g/mol. The molecule has 2 rings (SSSR count). The van der Waals surface area contributed by atoms with E-state index in [0.29, 0.717) is 23.1 Å². The molecule has 2 N–H and O–H groups in total. The van der Waals surface area contributed by atoms with E-state index in [9.17, 15) is 4.79 Å². The molecule has 1 unspecified atom stereocenters. The molecule has 1 saturated heterocycles. The molecule has 1 aliphatic rings. The van der Waals surface area contributed by atoms with E-state index in [-0.39, 0.29) is 0 Å². The lowest BCUT2D eigenvalue weighted by molar-refractivity contribution is 0.0635. The Labute approximate surface area is 143 Å². The topological polar surface area (TPSA) is 68.8 Å². The van der Waals surface area contributed by atoms with Gasteiger partial charge in [-0.1, -0.05) is 0 Å². The number of rotatable bonds is 4. The largest absolute Gasteiger partial charge is 0.493 e. The Morgan fingerprint density at radius 1 is 1.21 bits per heavy atom. The second-order valence-corrected chi connectivity index (χ2v) is 6.96. The first-order valence-corrected chi connectivity index (χ1v) is 8.30. The summed E-state index contributed by atoms with van der Waals surface area (Å²) >= 11 is 0. The number of carbonyl (C=O) groups is 1. The summed E-state index contributed by atoms with van der Waals surface area (Å²) in [5.41, 5.74) is 1.19. The van der Waals surface area contributed by atoms with Crippen LogP contribution in [0.3, 0.4) is 0 Å². The first-order valence-electron chi connectivity index (χ1n) is 8.30. The fourth-order valence-corrected chi connectivity index (χ4v) is 2.87. The summed E-state index contributed by atoms with van der Waals surface area (Å²) in [4.78, 5) is 12.2. The van der Waals surface area contributed by atoms with Crippen LogP contribution < -0.4 is 20.1 Å². The summed E-state index contributed by atoms with van der Waals surface area (Å²) in [5, 5.41) is 6.27. The molecule has 1 aromatic carbocycles. The number of ether oxygens (including phenoxy) is 3. The summed E-state index contributed by atoms with van der Waals surface area (Å²) in [5.74, 6) is 1.55. The van der Waals surface area contributed by atoms with E-state index in [1.165, 1.54) is 0 Å². The molecule has 1 heterocycles. The maximum Gasteiger partial charge on any atom is 0.412 e. The van der Waals surface area contributed by atoms with Gasteiger partial charge in [-0.05, 0) is 57.7 Å². The SMILES string of the molecule is COc1cc(NC(=O)OC(C)(C)C)c(C2CCCNC2)cc1OC. The lowest BCUT2D eigenvalue weighted by Gasteiger charge is -2.27. The lowest BCUT2D eigenvalue weighted by Crippen LogP contribution is -2.30. The molecule has 1 amide bonds. The third kappa shape index (κ3) is 4.77. The average molecular weight is 336 g/mol. The van der Waals surface area contributed by atoms with Gasteiger partial charge in [0.25, 0.3) is 0 Å². The van der Waals surface area contributed by atoms with Crippen molar-refractivity contribution in [1.82, 2.24) is 5.32 Å². The average Bonchev–Trinajstić information content (AvgIpc) is 2.53. The number of anilines is 1. The van der Waals surface area contributed by atoms with Crippen molar-refractivity contribution in [2.45, 2.75) is 45.1 Å². The molecule has 0 bridgehead atoms. The number of methoxy groups -OCH3 is 2. The Hall–Kier alpha value is -1.95. The molecule has 0 aromatic heterocycles. The van der Waals surface area contributed by atoms with Crippen LogP contribution in [0, 0.1) is 0 Å². The van der Waals surface area contributed by atoms with Gasteiger partial charge in [-0.2, -0.15) is 0 Å². The Bertz CT molecular complexity index is 575. The van der Waals surface area contributed by atoms with Gasteiger partial charge in [-0.25, -0.2) is 4.79 Å². The molecule has 6 nitrogen and oxygen atoms in total. The Morgan fingerprint density at radius 2 is 1.88 bits per heavy atom. The van der Waals surface area contributed by atoms with Crippen LogP contribution in [0.15, 0.2) is 12.1 Å². The minimum absolute atomic E-state index is 0.309. The van der Waals surface area contributed by atoms with Crippen molar-refractivity contribution in [1.29, 1.82) is 0 Å². The third-order valence-corrected chi connectivity index (χ3v) is 3.93. The zero-order valence-electron chi connectivity index (χ0n) is 15.2. The number of benzene rings is 1. The van der Waals surface area contributed by atoms with Gasteiger partial charge in [0.05, 0.1) is 19.9 Å². The molecule has 0 saturated carbocycles. The van der Waals surface area contributed by atoms with E-state index in [0.717, 1.165) is 31.5 Å². The highest BCUT2D eigenvalue weighted by Gasteiger charge is 2.24. The van der Waals surface area contributed by atoms with Crippen LogP contribution in [0.4, 0.5) is 10.5 Å². The van der Waals surface area contributed by atoms with Crippen LogP contribution >= 0.6 is 0 Å². The Balaban J connectivity index is 2.33. The van der Waals surface area contributed by atoms with Crippen LogP contribution in [0.1, 0.15) is 45.1 Å². The van der Waals surface area contributed by atoms with Crippen molar-refractivity contribution in [3.05, 3.63) is 17.7 Å². The summed E-state index contributed by atoms with van der Waals surface area (Å²) in [6, 6.07) is 3.75. The van der Waals surface area contributed by atoms with Crippen LogP contribution in [0.25, 0.3) is 0 Å². The predicted octanol–water partition coefficient (Wildman–Crippen LogP) is 3.52. The normalized spacial score (nSPS) is 18.0. The number of hydrogen-bond acceptors (Lipinski definition) is 5. The highest BCUT2D eigenvalue weighted by atomic mass is 16.6. The Morgan fingerprint density at radius 3 is 2.42 bits per heavy atom. The first-order chi connectivity index (χ1) is 11.3. The van der Waals surface area contributed by atoms with E-state index in [4.69, 9.17) is 14.2 Å². The van der Waals surface area contributed by atoms with Crippen LogP contribution in [0.2, 0.25) is 0 Å². The smallest absolute Gasteiger partial charge is 0.412 e. The molecule has 0 aliphatic carbocycles. The van der Waals surface area contributed by atoms with Crippen LogP contribution in [-0.4, -0.2) is 39.0 Å². The van der Waals surface area contributed by atoms with Crippen molar-refractivity contribution >= 4 is 11.8 Å². The van der Waals surface area contributed by atoms with Gasteiger partial charge in [0.1, 0.15) is 5.60 Å². The predicted molar refractivity (Wildman–Crippen MR) is 94.2 cm³/mol. The number of amides is 1. The zero-order valence-corrected chi connectivity index (χ0v) is 15.2. The second kappa shape index (κ2) is 7.75. The number of piperidine rings is 1. The quantitative estimate of drug-likeness (QED) is 0.880. The van der Waals surface area contributed by atoms with Crippen molar-refractivity contribution < 1.29 is 19.0 Å². The minimum Gasteiger partial charge on any atom is -0.493 e. The number of hydrogen-bond donors (Lipinski definition) is 2. The number of nitrogens with one attached hydrogen (secondary N) is 2. The maximum absolute atomic E-state index is 12.2. The van der Waals surface area contributed by atoms with Gasteiger partial charge in [0.15, 0.2) is 11.5 Å². The monoisotopic (exact) mass is 336 g/mol. The van der Waals surface area contributed by atoms with Crippen LogP contribution in [0.5, 0.6) is 11.5 Å². The first kappa shape index (κ1) is 18.4. The molecule has 0 spiro atoms. The second-order valence-electron chi connectivity index (χ2n) is 6.96. The molecule has 1 atom stereocenters. The van der Waals surface area contributed by atoms with Crippen molar-refractivity contribution in [2.24, 2.45) is 0 Å². The van der Waals surface area contributed by atoms with E-state index < -0.39 is 11.7 Å². The summed E-state index contributed by atoms with van der Waals surface area (Å²) in [6.07, 6.45) is 1.69. The van der Waals surface area contributed by atoms with Crippen molar-refractivity contribution in [3.8, 4) is 11.5 Å². The van der Waals surface area contributed by atoms with E-state index in [1.54, 1.807) is 20.3 Å². The maximum atomic E-state index is 12.2. The molecule has 1 fully saturated rings. The lowest BCUT2D eigenvalue weighted by atomic mass is 9.90. The molecule has 6 heteroatoms. The van der Waals surface area contributed by atoms with Gasteiger partial charge in [0.2, 0.25) is 0 Å². The summed E-state index contributed by atoms with van der Waals surface area (Å²) in [7, 11) is 3.19. The molecule has 134 valence electrons. The van der Waals surface area contributed by atoms with Gasteiger partial charge in [-0.15, -0.1) is 0 Å². The highest BCUT2D eigenvalue weighted by Crippen LogP contribution is 2.38. The van der Waals surface area contributed by atoms with Crippen molar-refractivity contribution in [2.75, 3.05) is 32.6 Å². The molecule has 0 radical (unpaired) electrons. The zero-order chi connectivity index (χ0) is 17.7. The van der Waals surface area contributed by atoms with Gasteiger partial charge >= 0.3 is 6.09 Å². The molecular formula is C18H28N2O4. The van der Waals surface area contributed by atoms with E-state index >= 15 is 0 Å². The summed E-state index contributed by atoms with van der Waals surface area (Å²) in [6.45, 7) is 7.42. The minimum atomic E-state index is -0.548. The van der Waals surface area contributed by atoms with Crippen molar-refractivity contribution in [3.63, 3.8) is 0 Å². The van der Waals surface area contributed by atoms with Crippen LogP contribution in [-0.2, 0) is 4.74 Å². The van der Waals surface area contributed by atoms with Gasteiger partial charge in [-0.3, -0.25) is 5.32 Å².